The van der Waals surface area contributed by atoms with E-state index in [0.29, 0.717) is 10.8 Å². The molecule has 0 bridgehead atoms. The minimum Gasteiger partial charge on any atom is -0.207 e. The lowest BCUT2D eigenvalue weighted by Gasteiger charge is -2.21. The standard InChI is InChI=1S/C14H14F2/c1-14(2,3)11-6-4-5-9-7-10(15)8-12(16)13(9)11/h4-8H,1-3H3. The molecule has 0 spiro atoms. The van der Waals surface area contributed by atoms with Gasteiger partial charge in [0.2, 0.25) is 0 Å². The summed E-state index contributed by atoms with van der Waals surface area (Å²) < 4.78 is 26.9. The van der Waals surface area contributed by atoms with Crippen molar-refractivity contribution >= 4 is 10.8 Å². The molecule has 0 aromatic heterocycles. The van der Waals surface area contributed by atoms with Crippen molar-refractivity contribution in [3.63, 3.8) is 0 Å². The van der Waals surface area contributed by atoms with Crippen LogP contribution in [0, 0.1) is 11.6 Å². The molecule has 0 radical (unpaired) electrons. The number of fused-ring (bicyclic) bond motifs is 1. The largest absolute Gasteiger partial charge is 0.207 e. The Morgan fingerprint density at radius 1 is 1.00 bits per heavy atom. The summed E-state index contributed by atoms with van der Waals surface area (Å²) >= 11 is 0. The fourth-order valence-electron chi connectivity index (χ4n) is 1.97. The molecule has 0 nitrogen and oxygen atoms in total. The van der Waals surface area contributed by atoms with Gasteiger partial charge in [0.1, 0.15) is 11.6 Å². The topological polar surface area (TPSA) is 0 Å². The van der Waals surface area contributed by atoms with E-state index in [1.807, 2.05) is 32.9 Å². The molecule has 0 saturated heterocycles. The molecule has 0 aliphatic rings. The van der Waals surface area contributed by atoms with Crippen LogP contribution >= 0.6 is 0 Å². The first-order valence-corrected chi connectivity index (χ1v) is 5.28. The summed E-state index contributed by atoms with van der Waals surface area (Å²) in [6.07, 6.45) is 0. The van der Waals surface area contributed by atoms with E-state index < -0.39 is 11.6 Å². The molecule has 0 amide bonds. The molecule has 0 aliphatic carbocycles. The zero-order chi connectivity index (χ0) is 11.9. The number of halogens is 2. The molecule has 0 aliphatic heterocycles. The quantitative estimate of drug-likeness (QED) is 0.616. The highest BCUT2D eigenvalue weighted by Gasteiger charge is 2.19. The Bertz CT molecular complexity index is 536. The maximum atomic E-state index is 13.8. The molecular formula is C14H14F2. The molecule has 0 fully saturated rings. The van der Waals surface area contributed by atoms with Crippen LogP contribution < -0.4 is 0 Å². The average molecular weight is 220 g/mol. The smallest absolute Gasteiger partial charge is 0.134 e. The maximum absolute atomic E-state index is 13.8. The van der Waals surface area contributed by atoms with Gasteiger partial charge in [0.15, 0.2) is 0 Å². The number of hydrogen-bond acceptors (Lipinski definition) is 0. The molecule has 2 aromatic carbocycles. The van der Waals surface area contributed by atoms with Crippen LogP contribution in [0.4, 0.5) is 8.78 Å². The Balaban J connectivity index is 2.87. The lowest BCUT2D eigenvalue weighted by atomic mass is 9.83. The number of rotatable bonds is 0. The summed E-state index contributed by atoms with van der Waals surface area (Å²) in [4.78, 5) is 0. The van der Waals surface area contributed by atoms with Gasteiger partial charge in [-0.25, -0.2) is 8.78 Å². The molecule has 16 heavy (non-hydrogen) atoms. The fourth-order valence-corrected chi connectivity index (χ4v) is 1.97. The summed E-state index contributed by atoms with van der Waals surface area (Å²) in [5.41, 5.74) is 0.751. The Kier molecular flexibility index (Phi) is 2.45. The molecule has 0 atom stereocenters. The SMILES string of the molecule is CC(C)(C)c1cccc2cc(F)cc(F)c12. The van der Waals surface area contributed by atoms with Crippen molar-refractivity contribution in [1.82, 2.24) is 0 Å². The van der Waals surface area contributed by atoms with Crippen LogP contribution in [0.25, 0.3) is 10.8 Å². The highest BCUT2D eigenvalue weighted by molar-refractivity contribution is 5.87. The van der Waals surface area contributed by atoms with Crippen LogP contribution in [-0.2, 0) is 5.41 Å². The van der Waals surface area contributed by atoms with E-state index >= 15 is 0 Å². The summed E-state index contributed by atoms with van der Waals surface area (Å²) in [6.45, 7) is 6.06. The molecule has 0 heterocycles. The average Bonchev–Trinajstić information content (AvgIpc) is 2.14. The van der Waals surface area contributed by atoms with E-state index in [2.05, 4.69) is 0 Å². The zero-order valence-corrected chi connectivity index (χ0v) is 9.64. The van der Waals surface area contributed by atoms with Gasteiger partial charge in [0.05, 0.1) is 0 Å². The Labute approximate surface area is 93.9 Å². The third kappa shape index (κ3) is 1.80. The Morgan fingerprint density at radius 2 is 1.69 bits per heavy atom. The van der Waals surface area contributed by atoms with Gasteiger partial charge in [-0.1, -0.05) is 39.0 Å². The third-order valence-electron chi connectivity index (χ3n) is 2.70. The minimum absolute atomic E-state index is 0.155. The molecule has 84 valence electrons. The summed E-state index contributed by atoms with van der Waals surface area (Å²) in [7, 11) is 0. The first-order valence-electron chi connectivity index (χ1n) is 5.28. The molecular weight excluding hydrogens is 206 g/mol. The van der Waals surface area contributed by atoms with Crippen LogP contribution in [-0.4, -0.2) is 0 Å². The second-order valence-electron chi connectivity index (χ2n) is 5.04. The van der Waals surface area contributed by atoms with Gasteiger partial charge in [-0.2, -0.15) is 0 Å². The zero-order valence-electron chi connectivity index (χ0n) is 9.64. The van der Waals surface area contributed by atoms with Crippen molar-refractivity contribution in [2.24, 2.45) is 0 Å². The highest BCUT2D eigenvalue weighted by atomic mass is 19.1. The monoisotopic (exact) mass is 220 g/mol. The molecule has 0 N–H and O–H groups in total. The lowest BCUT2D eigenvalue weighted by Crippen LogP contribution is -2.12. The van der Waals surface area contributed by atoms with E-state index in [1.54, 1.807) is 6.07 Å². The number of benzene rings is 2. The summed E-state index contributed by atoms with van der Waals surface area (Å²) in [6, 6.07) is 7.77. The van der Waals surface area contributed by atoms with Gasteiger partial charge < -0.3 is 0 Å². The van der Waals surface area contributed by atoms with E-state index in [1.165, 1.54) is 6.07 Å². The Morgan fingerprint density at radius 3 is 2.31 bits per heavy atom. The molecule has 2 aromatic rings. The maximum Gasteiger partial charge on any atom is 0.134 e. The molecule has 0 unspecified atom stereocenters. The first kappa shape index (κ1) is 11.1. The summed E-state index contributed by atoms with van der Waals surface area (Å²) in [5, 5.41) is 1.14. The normalized spacial score (nSPS) is 12.1. The van der Waals surface area contributed by atoms with Crippen molar-refractivity contribution in [1.29, 1.82) is 0 Å². The first-order chi connectivity index (χ1) is 7.39. The van der Waals surface area contributed by atoms with E-state index in [9.17, 15) is 8.78 Å². The highest BCUT2D eigenvalue weighted by Crippen LogP contribution is 2.31. The van der Waals surface area contributed by atoms with Gasteiger partial charge in [-0.15, -0.1) is 0 Å². The second-order valence-corrected chi connectivity index (χ2v) is 5.04. The van der Waals surface area contributed by atoms with E-state index in [4.69, 9.17) is 0 Å². The summed E-state index contributed by atoms with van der Waals surface area (Å²) in [5.74, 6) is -1.02. The van der Waals surface area contributed by atoms with Crippen molar-refractivity contribution in [2.45, 2.75) is 26.2 Å². The third-order valence-corrected chi connectivity index (χ3v) is 2.70. The number of hydrogen-bond donors (Lipinski definition) is 0. The molecule has 2 rings (SSSR count). The van der Waals surface area contributed by atoms with Gasteiger partial charge in [0, 0.05) is 11.5 Å². The van der Waals surface area contributed by atoms with Crippen LogP contribution in [0.3, 0.4) is 0 Å². The van der Waals surface area contributed by atoms with Crippen LogP contribution in [0.2, 0.25) is 0 Å². The minimum atomic E-state index is -0.531. The molecule has 2 heteroatoms. The van der Waals surface area contributed by atoms with E-state index in [0.717, 1.165) is 11.6 Å². The van der Waals surface area contributed by atoms with Crippen molar-refractivity contribution in [3.8, 4) is 0 Å². The Hall–Kier alpha value is -1.44. The van der Waals surface area contributed by atoms with Gasteiger partial charge in [-0.3, -0.25) is 0 Å². The lowest BCUT2D eigenvalue weighted by molar-refractivity contribution is 0.575. The van der Waals surface area contributed by atoms with Gasteiger partial charge in [-0.05, 0) is 22.4 Å². The predicted octanol–water partition coefficient (Wildman–Crippen LogP) is 4.42. The predicted molar refractivity (Wildman–Crippen MR) is 62.6 cm³/mol. The molecule has 0 saturated carbocycles. The van der Waals surface area contributed by atoms with Crippen molar-refractivity contribution in [2.75, 3.05) is 0 Å². The van der Waals surface area contributed by atoms with Crippen LogP contribution in [0.15, 0.2) is 30.3 Å². The van der Waals surface area contributed by atoms with Crippen molar-refractivity contribution in [3.05, 3.63) is 47.5 Å². The van der Waals surface area contributed by atoms with Gasteiger partial charge >= 0.3 is 0 Å². The fraction of sp³-hybridized carbons (Fsp3) is 0.286. The van der Waals surface area contributed by atoms with Crippen LogP contribution in [0.5, 0.6) is 0 Å². The van der Waals surface area contributed by atoms with Crippen molar-refractivity contribution < 1.29 is 8.78 Å². The van der Waals surface area contributed by atoms with Gasteiger partial charge in [0.25, 0.3) is 0 Å². The van der Waals surface area contributed by atoms with E-state index in [-0.39, 0.29) is 5.41 Å². The second kappa shape index (κ2) is 3.55. The van der Waals surface area contributed by atoms with Crippen LogP contribution in [0.1, 0.15) is 26.3 Å².